The molecule has 0 spiro atoms. The Hall–Kier alpha value is -2.34. The third kappa shape index (κ3) is 5.41. The van der Waals surface area contributed by atoms with Crippen molar-refractivity contribution in [2.24, 2.45) is 0 Å². The van der Waals surface area contributed by atoms with Gasteiger partial charge in [0.2, 0.25) is 0 Å². The summed E-state index contributed by atoms with van der Waals surface area (Å²) in [4.78, 5) is 11.7. The van der Waals surface area contributed by atoms with Gasteiger partial charge in [0.1, 0.15) is 0 Å². The smallest absolute Gasteiger partial charge is 0.315 e. The Morgan fingerprint density at radius 2 is 2.00 bits per heavy atom. The standard InChI is InChI=1S/C17H23N3O3/c1-12(2)15-10-14(23-20-15)11-19-17(22)18-9-8-16(21)13-6-4-3-5-7-13/h3-7,10,12,16,21H,8-9,11H2,1-2H3,(H2,18,19,22). The minimum absolute atomic E-state index is 0.285. The van der Waals surface area contributed by atoms with E-state index in [0.717, 1.165) is 11.3 Å². The number of carbonyl (C=O) groups excluding carboxylic acids is 1. The molecule has 6 nitrogen and oxygen atoms in total. The van der Waals surface area contributed by atoms with Crippen molar-refractivity contribution in [1.29, 1.82) is 0 Å². The first-order valence-electron chi connectivity index (χ1n) is 7.76. The number of nitrogens with zero attached hydrogens (tertiary/aromatic N) is 1. The molecule has 1 atom stereocenters. The zero-order valence-electron chi connectivity index (χ0n) is 13.5. The molecule has 0 aliphatic heterocycles. The van der Waals surface area contributed by atoms with Gasteiger partial charge >= 0.3 is 6.03 Å². The van der Waals surface area contributed by atoms with Crippen molar-refractivity contribution in [1.82, 2.24) is 15.8 Å². The van der Waals surface area contributed by atoms with Gasteiger partial charge in [-0.15, -0.1) is 0 Å². The van der Waals surface area contributed by atoms with Crippen LogP contribution in [-0.4, -0.2) is 22.8 Å². The van der Waals surface area contributed by atoms with Crippen LogP contribution in [0.25, 0.3) is 0 Å². The Balaban J connectivity index is 1.67. The molecule has 124 valence electrons. The number of benzene rings is 1. The van der Waals surface area contributed by atoms with Gasteiger partial charge in [0.15, 0.2) is 5.76 Å². The minimum Gasteiger partial charge on any atom is -0.388 e. The fourth-order valence-corrected chi connectivity index (χ4v) is 2.08. The largest absolute Gasteiger partial charge is 0.388 e. The van der Waals surface area contributed by atoms with Crippen LogP contribution < -0.4 is 10.6 Å². The van der Waals surface area contributed by atoms with Crippen molar-refractivity contribution in [3.05, 3.63) is 53.4 Å². The maximum absolute atomic E-state index is 11.7. The number of urea groups is 1. The number of rotatable bonds is 7. The van der Waals surface area contributed by atoms with Crippen LogP contribution in [0.2, 0.25) is 0 Å². The van der Waals surface area contributed by atoms with Crippen molar-refractivity contribution in [2.45, 2.75) is 38.8 Å². The highest BCUT2D eigenvalue weighted by molar-refractivity contribution is 5.73. The van der Waals surface area contributed by atoms with E-state index in [9.17, 15) is 9.90 Å². The summed E-state index contributed by atoms with van der Waals surface area (Å²) in [6.45, 7) is 4.72. The zero-order chi connectivity index (χ0) is 16.7. The lowest BCUT2D eigenvalue weighted by Gasteiger charge is -2.11. The Morgan fingerprint density at radius 3 is 2.65 bits per heavy atom. The number of aliphatic hydroxyl groups excluding tert-OH is 1. The first-order chi connectivity index (χ1) is 11.1. The molecule has 2 rings (SSSR count). The van der Waals surface area contributed by atoms with Gasteiger partial charge in [0.05, 0.1) is 18.3 Å². The first kappa shape index (κ1) is 17.0. The number of hydrogen-bond acceptors (Lipinski definition) is 4. The molecule has 3 N–H and O–H groups in total. The second kappa shape index (κ2) is 8.33. The Morgan fingerprint density at radius 1 is 1.26 bits per heavy atom. The average molecular weight is 317 g/mol. The Bertz CT molecular complexity index is 611. The van der Waals surface area contributed by atoms with Gasteiger partial charge < -0.3 is 20.3 Å². The van der Waals surface area contributed by atoms with Gasteiger partial charge in [0.25, 0.3) is 0 Å². The average Bonchev–Trinajstić information content (AvgIpc) is 3.03. The molecule has 0 bridgehead atoms. The van der Waals surface area contributed by atoms with Crippen LogP contribution in [0.3, 0.4) is 0 Å². The number of nitrogens with one attached hydrogen (secondary N) is 2. The third-order valence-electron chi connectivity index (χ3n) is 3.48. The number of aliphatic hydroxyl groups is 1. The predicted octanol–water partition coefficient (Wildman–Crippen LogP) is 2.72. The summed E-state index contributed by atoms with van der Waals surface area (Å²) in [6.07, 6.45) is -0.128. The summed E-state index contributed by atoms with van der Waals surface area (Å²) >= 11 is 0. The molecule has 0 aliphatic rings. The van der Waals surface area contributed by atoms with Gasteiger partial charge in [0, 0.05) is 12.6 Å². The highest BCUT2D eigenvalue weighted by Gasteiger charge is 2.10. The van der Waals surface area contributed by atoms with E-state index in [2.05, 4.69) is 15.8 Å². The van der Waals surface area contributed by atoms with E-state index in [1.165, 1.54) is 0 Å². The van der Waals surface area contributed by atoms with Gasteiger partial charge in [-0.1, -0.05) is 49.3 Å². The van der Waals surface area contributed by atoms with E-state index >= 15 is 0 Å². The lowest BCUT2D eigenvalue weighted by atomic mass is 10.1. The maximum atomic E-state index is 11.7. The Kier molecular flexibility index (Phi) is 6.17. The quantitative estimate of drug-likeness (QED) is 0.733. The summed E-state index contributed by atoms with van der Waals surface area (Å²) < 4.78 is 5.14. The highest BCUT2D eigenvalue weighted by atomic mass is 16.5. The molecular weight excluding hydrogens is 294 g/mol. The number of carbonyl (C=O) groups is 1. The van der Waals surface area contributed by atoms with E-state index in [4.69, 9.17) is 4.52 Å². The fourth-order valence-electron chi connectivity index (χ4n) is 2.08. The molecule has 1 aromatic carbocycles. The topological polar surface area (TPSA) is 87.4 Å². The summed E-state index contributed by atoms with van der Waals surface area (Å²) in [5, 5.41) is 19.3. The first-order valence-corrected chi connectivity index (χ1v) is 7.76. The van der Waals surface area contributed by atoms with E-state index in [1.54, 1.807) is 0 Å². The van der Waals surface area contributed by atoms with Crippen molar-refractivity contribution < 1.29 is 14.4 Å². The van der Waals surface area contributed by atoms with Crippen LogP contribution in [0.1, 0.15) is 49.3 Å². The molecule has 23 heavy (non-hydrogen) atoms. The minimum atomic E-state index is -0.584. The summed E-state index contributed by atoms with van der Waals surface area (Å²) in [5.41, 5.74) is 1.71. The molecule has 0 fully saturated rings. The van der Waals surface area contributed by atoms with Crippen LogP contribution in [0.4, 0.5) is 4.79 Å². The lowest BCUT2D eigenvalue weighted by Crippen LogP contribution is -2.35. The molecule has 2 amide bonds. The second-order valence-corrected chi connectivity index (χ2v) is 5.70. The number of hydrogen-bond donors (Lipinski definition) is 3. The van der Waals surface area contributed by atoms with Gasteiger partial charge in [-0.3, -0.25) is 0 Å². The predicted molar refractivity (Wildman–Crippen MR) is 86.8 cm³/mol. The van der Waals surface area contributed by atoms with Crippen LogP contribution in [0, 0.1) is 0 Å². The van der Waals surface area contributed by atoms with E-state index < -0.39 is 6.10 Å². The van der Waals surface area contributed by atoms with E-state index in [1.807, 2.05) is 50.2 Å². The molecular formula is C17H23N3O3. The van der Waals surface area contributed by atoms with Gasteiger partial charge in [-0.05, 0) is 17.9 Å². The van der Waals surface area contributed by atoms with Crippen molar-refractivity contribution in [2.75, 3.05) is 6.54 Å². The molecule has 2 aromatic rings. The third-order valence-corrected chi connectivity index (χ3v) is 3.48. The molecule has 1 unspecified atom stereocenters. The normalized spacial score (nSPS) is 12.2. The monoisotopic (exact) mass is 317 g/mol. The molecule has 6 heteroatoms. The second-order valence-electron chi connectivity index (χ2n) is 5.70. The van der Waals surface area contributed by atoms with Gasteiger partial charge in [-0.25, -0.2) is 4.79 Å². The number of amides is 2. The highest BCUT2D eigenvalue weighted by Crippen LogP contribution is 2.15. The fraction of sp³-hybridized carbons (Fsp3) is 0.412. The summed E-state index contributed by atoms with van der Waals surface area (Å²) in [6, 6.07) is 10.9. The van der Waals surface area contributed by atoms with Crippen molar-refractivity contribution in [3.8, 4) is 0 Å². The van der Waals surface area contributed by atoms with Crippen molar-refractivity contribution >= 4 is 6.03 Å². The maximum Gasteiger partial charge on any atom is 0.315 e. The summed E-state index contributed by atoms with van der Waals surface area (Å²) in [7, 11) is 0. The summed E-state index contributed by atoms with van der Waals surface area (Å²) in [5.74, 6) is 0.911. The number of aromatic nitrogens is 1. The molecule has 0 radical (unpaired) electrons. The molecule has 0 saturated heterocycles. The SMILES string of the molecule is CC(C)c1cc(CNC(=O)NCCC(O)c2ccccc2)on1. The lowest BCUT2D eigenvalue weighted by molar-refractivity contribution is 0.167. The van der Waals surface area contributed by atoms with Crippen LogP contribution in [0.15, 0.2) is 40.9 Å². The Labute approximate surface area is 135 Å². The molecule has 0 aliphatic carbocycles. The van der Waals surface area contributed by atoms with Crippen LogP contribution >= 0.6 is 0 Å². The molecule has 0 saturated carbocycles. The van der Waals surface area contributed by atoms with E-state index in [-0.39, 0.29) is 12.6 Å². The van der Waals surface area contributed by atoms with Crippen LogP contribution in [-0.2, 0) is 6.54 Å². The van der Waals surface area contributed by atoms with Crippen molar-refractivity contribution in [3.63, 3.8) is 0 Å². The van der Waals surface area contributed by atoms with Crippen LogP contribution in [0.5, 0.6) is 0 Å². The molecule has 1 aromatic heterocycles. The molecule has 1 heterocycles. The van der Waals surface area contributed by atoms with E-state index in [0.29, 0.717) is 24.6 Å². The zero-order valence-corrected chi connectivity index (χ0v) is 13.5. The van der Waals surface area contributed by atoms with Gasteiger partial charge in [-0.2, -0.15) is 0 Å².